The summed E-state index contributed by atoms with van der Waals surface area (Å²) in [6.07, 6.45) is 5.38. The molecule has 2 rings (SSSR count). The minimum Gasteiger partial charge on any atom is -0.482 e. The number of carboxylic acid groups (broad SMARTS) is 1. The summed E-state index contributed by atoms with van der Waals surface area (Å²) in [7, 11) is 1.68. The van der Waals surface area contributed by atoms with Gasteiger partial charge in [-0.25, -0.2) is 0 Å². The van der Waals surface area contributed by atoms with E-state index in [1.807, 2.05) is 6.07 Å². The highest BCUT2D eigenvalue weighted by molar-refractivity contribution is 5.97. The van der Waals surface area contributed by atoms with Gasteiger partial charge in [0, 0.05) is 19.3 Å². The third-order valence-corrected chi connectivity index (χ3v) is 3.59. The Morgan fingerprint density at radius 3 is 2.95 bits per heavy atom. The third-order valence-electron chi connectivity index (χ3n) is 3.59. The SMILES string of the molecule is C#CCN(CC(C)C(=O)O)c1ccc2c(c1)N(C)C(=O)CO2. The van der Waals surface area contributed by atoms with E-state index in [4.69, 9.17) is 16.3 Å². The number of fused-ring (bicyclic) bond motifs is 1. The van der Waals surface area contributed by atoms with E-state index in [1.165, 1.54) is 4.90 Å². The lowest BCUT2D eigenvalue weighted by atomic mass is 10.1. The number of rotatable bonds is 5. The lowest BCUT2D eigenvalue weighted by Gasteiger charge is -2.29. The normalized spacial score (nSPS) is 14.6. The first-order valence-corrected chi connectivity index (χ1v) is 6.88. The maximum absolute atomic E-state index is 11.7. The zero-order valence-corrected chi connectivity index (χ0v) is 12.6. The first-order valence-electron chi connectivity index (χ1n) is 6.88. The van der Waals surface area contributed by atoms with Gasteiger partial charge in [-0.2, -0.15) is 0 Å². The highest BCUT2D eigenvalue weighted by Crippen LogP contribution is 2.35. The van der Waals surface area contributed by atoms with Crippen LogP contribution in [0.2, 0.25) is 0 Å². The number of aliphatic carboxylic acids is 1. The summed E-state index contributed by atoms with van der Waals surface area (Å²) in [5.74, 6) is 1.59. The number of hydrogen-bond acceptors (Lipinski definition) is 4. The van der Waals surface area contributed by atoms with Crippen LogP contribution in [0, 0.1) is 18.3 Å². The number of anilines is 2. The number of terminal acetylenes is 1. The molecule has 0 aliphatic carbocycles. The maximum atomic E-state index is 11.7. The van der Waals surface area contributed by atoms with Crippen LogP contribution in [0.15, 0.2) is 18.2 Å². The van der Waals surface area contributed by atoms with Crippen molar-refractivity contribution in [2.45, 2.75) is 6.92 Å². The molecule has 1 N–H and O–H groups in total. The van der Waals surface area contributed by atoms with E-state index in [9.17, 15) is 9.59 Å². The lowest BCUT2D eigenvalue weighted by Crippen LogP contribution is -2.36. The van der Waals surface area contributed by atoms with Crippen molar-refractivity contribution in [1.29, 1.82) is 0 Å². The van der Waals surface area contributed by atoms with Crippen LogP contribution in [-0.2, 0) is 9.59 Å². The van der Waals surface area contributed by atoms with Crippen molar-refractivity contribution >= 4 is 23.3 Å². The second-order valence-corrected chi connectivity index (χ2v) is 5.22. The Balaban J connectivity index is 2.31. The van der Waals surface area contributed by atoms with Gasteiger partial charge in [-0.15, -0.1) is 6.42 Å². The van der Waals surface area contributed by atoms with Crippen LogP contribution in [0.25, 0.3) is 0 Å². The number of nitrogens with zero attached hydrogens (tertiary/aromatic N) is 2. The van der Waals surface area contributed by atoms with Gasteiger partial charge in [0.15, 0.2) is 6.61 Å². The predicted molar refractivity (Wildman–Crippen MR) is 83.2 cm³/mol. The molecule has 116 valence electrons. The molecule has 1 aromatic carbocycles. The first-order chi connectivity index (χ1) is 10.4. The molecule has 0 fully saturated rings. The quantitative estimate of drug-likeness (QED) is 0.828. The summed E-state index contributed by atoms with van der Waals surface area (Å²) in [4.78, 5) is 26.1. The van der Waals surface area contributed by atoms with E-state index in [2.05, 4.69) is 5.92 Å². The molecule has 1 heterocycles. The maximum Gasteiger partial charge on any atom is 0.308 e. The molecule has 0 bridgehead atoms. The Hall–Kier alpha value is -2.68. The zero-order valence-electron chi connectivity index (χ0n) is 12.6. The molecule has 1 amide bonds. The van der Waals surface area contributed by atoms with Crippen LogP contribution in [0.3, 0.4) is 0 Å². The van der Waals surface area contributed by atoms with E-state index >= 15 is 0 Å². The zero-order chi connectivity index (χ0) is 16.3. The fraction of sp³-hybridized carbons (Fsp3) is 0.375. The van der Waals surface area contributed by atoms with Gasteiger partial charge in [0.1, 0.15) is 5.75 Å². The molecular formula is C16H18N2O4. The highest BCUT2D eigenvalue weighted by Gasteiger charge is 2.24. The Morgan fingerprint density at radius 2 is 2.32 bits per heavy atom. The van der Waals surface area contributed by atoms with Gasteiger partial charge < -0.3 is 19.6 Å². The Kier molecular flexibility index (Phi) is 4.56. The summed E-state index contributed by atoms with van der Waals surface area (Å²) in [5, 5.41) is 9.06. The van der Waals surface area contributed by atoms with Crippen LogP contribution in [0.4, 0.5) is 11.4 Å². The Bertz CT molecular complexity index is 636. The molecule has 0 saturated heterocycles. The average molecular weight is 302 g/mol. The summed E-state index contributed by atoms with van der Waals surface area (Å²) in [6, 6.07) is 5.37. The number of carbonyl (C=O) groups excluding carboxylic acids is 1. The fourth-order valence-corrected chi connectivity index (χ4v) is 2.24. The summed E-state index contributed by atoms with van der Waals surface area (Å²) in [5.41, 5.74) is 1.41. The van der Waals surface area contributed by atoms with Crippen LogP contribution < -0.4 is 14.5 Å². The molecule has 0 saturated carbocycles. The number of hydrogen-bond donors (Lipinski definition) is 1. The van der Waals surface area contributed by atoms with Gasteiger partial charge in [0.2, 0.25) is 0 Å². The molecular weight excluding hydrogens is 284 g/mol. The van der Waals surface area contributed by atoms with Gasteiger partial charge in [-0.1, -0.05) is 12.8 Å². The van der Waals surface area contributed by atoms with Crippen molar-refractivity contribution < 1.29 is 19.4 Å². The molecule has 6 heteroatoms. The molecule has 1 unspecified atom stereocenters. The minimum absolute atomic E-state index is 0.0208. The molecule has 1 atom stereocenters. The highest BCUT2D eigenvalue weighted by atomic mass is 16.5. The van der Waals surface area contributed by atoms with E-state index < -0.39 is 11.9 Å². The monoisotopic (exact) mass is 302 g/mol. The predicted octanol–water partition coefficient (Wildman–Crippen LogP) is 1.20. The largest absolute Gasteiger partial charge is 0.482 e. The summed E-state index contributed by atoms with van der Waals surface area (Å²) in [6.45, 7) is 2.22. The molecule has 0 aromatic heterocycles. The van der Waals surface area contributed by atoms with Gasteiger partial charge in [-0.3, -0.25) is 9.59 Å². The molecule has 22 heavy (non-hydrogen) atoms. The van der Waals surface area contributed by atoms with E-state index in [0.717, 1.165) is 5.69 Å². The molecule has 1 aliphatic rings. The van der Waals surface area contributed by atoms with Crippen molar-refractivity contribution in [2.75, 3.05) is 36.5 Å². The van der Waals surface area contributed by atoms with E-state index in [0.29, 0.717) is 11.4 Å². The second kappa shape index (κ2) is 6.39. The smallest absolute Gasteiger partial charge is 0.308 e. The third kappa shape index (κ3) is 3.14. The average Bonchev–Trinajstić information content (AvgIpc) is 2.50. The molecule has 0 spiro atoms. The number of amides is 1. The van der Waals surface area contributed by atoms with Gasteiger partial charge in [0.05, 0.1) is 18.2 Å². The van der Waals surface area contributed by atoms with Gasteiger partial charge in [-0.05, 0) is 18.2 Å². The van der Waals surface area contributed by atoms with Gasteiger partial charge in [0.25, 0.3) is 5.91 Å². The molecule has 6 nitrogen and oxygen atoms in total. The van der Waals surface area contributed by atoms with Crippen molar-refractivity contribution in [3.8, 4) is 18.1 Å². The van der Waals surface area contributed by atoms with Crippen molar-refractivity contribution in [3.05, 3.63) is 18.2 Å². The number of ether oxygens (including phenoxy) is 1. The number of carboxylic acids is 1. The fourth-order valence-electron chi connectivity index (χ4n) is 2.24. The van der Waals surface area contributed by atoms with E-state index in [-0.39, 0.29) is 25.6 Å². The van der Waals surface area contributed by atoms with Crippen molar-refractivity contribution in [1.82, 2.24) is 0 Å². The Labute approximate surface area is 129 Å². The number of carbonyl (C=O) groups is 2. The summed E-state index contributed by atoms with van der Waals surface area (Å²) < 4.78 is 5.38. The van der Waals surface area contributed by atoms with Crippen molar-refractivity contribution in [3.63, 3.8) is 0 Å². The van der Waals surface area contributed by atoms with Crippen LogP contribution in [0.1, 0.15) is 6.92 Å². The first kappa shape index (κ1) is 15.7. The summed E-state index contributed by atoms with van der Waals surface area (Å²) >= 11 is 0. The molecule has 1 aliphatic heterocycles. The van der Waals surface area contributed by atoms with Crippen LogP contribution in [-0.4, -0.2) is 43.7 Å². The topological polar surface area (TPSA) is 70.1 Å². The molecule has 0 radical (unpaired) electrons. The second-order valence-electron chi connectivity index (χ2n) is 5.22. The number of benzene rings is 1. The standard InChI is InChI=1S/C16H18N2O4/c1-4-7-18(9-11(2)16(20)21)12-5-6-14-13(8-12)17(3)15(19)10-22-14/h1,5-6,8,11H,7,9-10H2,2-3H3,(H,20,21). The van der Waals surface area contributed by atoms with Crippen molar-refractivity contribution in [2.24, 2.45) is 5.92 Å². The lowest BCUT2D eigenvalue weighted by molar-refractivity contribution is -0.140. The Morgan fingerprint density at radius 1 is 1.59 bits per heavy atom. The van der Waals surface area contributed by atoms with Gasteiger partial charge >= 0.3 is 5.97 Å². The number of likely N-dealkylation sites (N-methyl/N-ethyl adjacent to an activating group) is 1. The van der Waals surface area contributed by atoms with Crippen LogP contribution in [0.5, 0.6) is 5.75 Å². The van der Waals surface area contributed by atoms with E-state index in [1.54, 1.807) is 31.0 Å². The molecule has 1 aromatic rings. The van der Waals surface area contributed by atoms with Crippen LogP contribution >= 0.6 is 0 Å². The minimum atomic E-state index is -0.879.